The molecule has 3 atom stereocenters. The Morgan fingerprint density at radius 3 is 2.70 bits per heavy atom. The van der Waals surface area contributed by atoms with Crippen LogP contribution in [0.25, 0.3) is 11.2 Å². The van der Waals surface area contributed by atoms with Gasteiger partial charge in [-0.15, -0.1) is 12.4 Å². The number of amides is 1. The fraction of sp³-hybridized carbons (Fsp3) is 0.714. The smallest absolute Gasteiger partial charge is 0.239 e. The molecular weight excluding hydrogens is 448 g/mol. The maximum absolute atomic E-state index is 12.9. The summed E-state index contributed by atoms with van der Waals surface area (Å²) < 4.78 is 8.18. The number of piperidine rings is 2. The number of anilines is 2. The second kappa shape index (κ2) is 8.86. The number of halogens is 1. The number of fused-ring (bicyclic) bond motifs is 1. The van der Waals surface area contributed by atoms with Gasteiger partial charge in [-0.05, 0) is 39.2 Å². The van der Waals surface area contributed by atoms with Crippen molar-refractivity contribution in [3.63, 3.8) is 0 Å². The summed E-state index contributed by atoms with van der Waals surface area (Å²) in [6, 6.07) is -0.452. The number of nitrogens with one attached hydrogen (secondary N) is 1. The van der Waals surface area contributed by atoms with E-state index in [0.29, 0.717) is 50.1 Å². The zero-order chi connectivity index (χ0) is 22.5. The van der Waals surface area contributed by atoms with Crippen molar-refractivity contribution >= 4 is 41.2 Å². The Hall–Kier alpha value is -2.21. The third kappa shape index (κ3) is 4.34. The predicted octanol–water partition coefficient (Wildman–Crippen LogP) is 0.628. The topological polar surface area (TPSA) is 157 Å². The quantitative estimate of drug-likeness (QED) is 0.483. The number of hydrogen-bond acceptors (Lipinski definition) is 9. The number of ether oxygens (including phenoxy) is 1. The highest BCUT2D eigenvalue weighted by Crippen LogP contribution is 2.44. The molecule has 5 heterocycles. The Balaban J connectivity index is 0.00000259. The molecular formula is C21H33ClN8O3. The highest BCUT2D eigenvalue weighted by atomic mass is 35.5. The Morgan fingerprint density at radius 1 is 1.27 bits per heavy atom. The lowest BCUT2D eigenvalue weighted by Crippen LogP contribution is -2.59. The molecule has 0 unspecified atom stereocenters. The number of rotatable bonds is 2. The van der Waals surface area contributed by atoms with Crippen LogP contribution in [-0.2, 0) is 9.53 Å². The Morgan fingerprint density at radius 2 is 2.03 bits per heavy atom. The molecule has 3 fully saturated rings. The summed E-state index contributed by atoms with van der Waals surface area (Å²) in [5.41, 5.74) is 11.2. The van der Waals surface area contributed by atoms with E-state index in [4.69, 9.17) is 16.2 Å². The number of carbonyl (C=O) groups excluding carboxylic acids is 1. The van der Waals surface area contributed by atoms with Gasteiger partial charge in [-0.3, -0.25) is 4.79 Å². The fourth-order valence-electron chi connectivity index (χ4n) is 5.56. The van der Waals surface area contributed by atoms with Crippen LogP contribution in [0.15, 0.2) is 6.33 Å². The van der Waals surface area contributed by atoms with Gasteiger partial charge in [-0.25, -0.2) is 4.98 Å². The molecule has 1 spiro atoms. The molecule has 12 heteroatoms. The molecule has 2 aromatic heterocycles. The molecule has 5 rings (SSSR count). The van der Waals surface area contributed by atoms with Crippen molar-refractivity contribution in [3.05, 3.63) is 6.33 Å². The normalized spacial score (nSPS) is 29.7. The summed E-state index contributed by atoms with van der Waals surface area (Å²) in [5.74, 6) is 0.470. The summed E-state index contributed by atoms with van der Waals surface area (Å²) >= 11 is 0. The van der Waals surface area contributed by atoms with Gasteiger partial charge in [0.2, 0.25) is 11.9 Å². The summed E-state index contributed by atoms with van der Waals surface area (Å²) in [6.45, 7) is 4.33. The molecule has 2 aromatic rings. The van der Waals surface area contributed by atoms with Crippen molar-refractivity contribution < 1.29 is 14.6 Å². The van der Waals surface area contributed by atoms with Gasteiger partial charge in [0.15, 0.2) is 11.5 Å². The van der Waals surface area contributed by atoms with E-state index < -0.39 is 17.2 Å². The van der Waals surface area contributed by atoms with E-state index in [0.717, 1.165) is 25.8 Å². The Bertz CT molecular complexity index is 1010. The number of carbonyl (C=O) groups is 1. The average molecular weight is 481 g/mol. The fourth-order valence-corrected chi connectivity index (χ4v) is 5.56. The van der Waals surface area contributed by atoms with Crippen molar-refractivity contribution in [2.45, 2.75) is 68.7 Å². The molecule has 0 aromatic carbocycles. The van der Waals surface area contributed by atoms with Gasteiger partial charge in [0, 0.05) is 19.5 Å². The highest BCUT2D eigenvalue weighted by Gasteiger charge is 2.50. The first-order chi connectivity index (χ1) is 15.3. The van der Waals surface area contributed by atoms with Crippen LogP contribution in [-0.4, -0.2) is 78.9 Å². The van der Waals surface area contributed by atoms with Gasteiger partial charge >= 0.3 is 0 Å². The van der Waals surface area contributed by atoms with Crippen LogP contribution in [0.5, 0.6) is 0 Å². The number of aliphatic hydroxyl groups is 1. The lowest BCUT2D eigenvalue weighted by Gasteiger charge is -2.51. The molecule has 3 aliphatic rings. The number of nitrogens with two attached hydrogens (primary N) is 2. The Kier molecular flexibility index (Phi) is 6.43. The third-order valence-corrected chi connectivity index (χ3v) is 7.34. The third-order valence-electron chi connectivity index (χ3n) is 7.34. The lowest BCUT2D eigenvalue weighted by atomic mass is 9.75. The first kappa shape index (κ1) is 23.9. The summed E-state index contributed by atoms with van der Waals surface area (Å²) in [5, 5.41) is 14.8. The summed E-state index contributed by atoms with van der Waals surface area (Å²) in [7, 11) is 0. The van der Waals surface area contributed by atoms with Gasteiger partial charge in [-0.2, -0.15) is 9.97 Å². The van der Waals surface area contributed by atoms with Crippen LogP contribution in [0.3, 0.4) is 0 Å². The molecule has 33 heavy (non-hydrogen) atoms. The minimum atomic E-state index is -1.06. The molecule has 3 saturated heterocycles. The second-order valence-corrected chi connectivity index (χ2v) is 9.66. The van der Waals surface area contributed by atoms with E-state index in [1.807, 2.05) is 11.8 Å². The van der Waals surface area contributed by atoms with Crippen LogP contribution < -0.4 is 16.8 Å². The van der Waals surface area contributed by atoms with Crippen molar-refractivity contribution in [1.82, 2.24) is 29.7 Å². The number of nitrogens with zero attached hydrogens (tertiary/aromatic N) is 5. The molecule has 0 radical (unpaired) electrons. The number of likely N-dealkylation sites (tertiary alicyclic amines) is 1. The molecule has 0 bridgehead atoms. The standard InChI is InChI=1S/C21H32N8O3.ClH/c1-20(31)11-21(5-8-28(9-6-21)18(30)13-4-2-3-7-24-13)32-10-14(20)29-12-25-15-16(22)26-19(23)27-17(15)29;/h12-14,24,31H,2-11H2,1H3,(H4,22,23,26,27);1H/t13-,14+,20+;/m0./s1. The number of imidazole rings is 1. The van der Waals surface area contributed by atoms with Gasteiger partial charge in [-0.1, -0.05) is 6.42 Å². The summed E-state index contributed by atoms with van der Waals surface area (Å²) in [4.78, 5) is 27.4. The number of aromatic nitrogens is 4. The molecule has 3 aliphatic heterocycles. The molecule has 182 valence electrons. The van der Waals surface area contributed by atoms with Gasteiger partial charge in [0.25, 0.3) is 0 Å². The molecule has 0 saturated carbocycles. The van der Waals surface area contributed by atoms with Crippen LogP contribution in [0.2, 0.25) is 0 Å². The predicted molar refractivity (Wildman–Crippen MR) is 126 cm³/mol. The lowest BCUT2D eigenvalue weighted by molar-refractivity contribution is -0.197. The van der Waals surface area contributed by atoms with Crippen molar-refractivity contribution in [2.24, 2.45) is 0 Å². The number of nitrogen functional groups attached to an aromatic ring is 2. The molecule has 11 nitrogen and oxygen atoms in total. The Labute approximate surface area is 198 Å². The van der Waals surface area contributed by atoms with E-state index in [9.17, 15) is 9.90 Å². The van der Waals surface area contributed by atoms with Crippen LogP contribution in [0, 0.1) is 0 Å². The van der Waals surface area contributed by atoms with E-state index in [2.05, 4.69) is 20.3 Å². The van der Waals surface area contributed by atoms with Crippen LogP contribution in [0.1, 0.15) is 51.5 Å². The van der Waals surface area contributed by atoms with E-state index >= 15 is 0 Å². The zero-order valence-electron chi connectivity index (χ0n) is 18.9. The van der Waals surface area contributed by atoms with Gasteiger partial charge in [0.05, 0.1) is 36.2 Å². The van der Waals surface area contributed by atoms with Crippen molar-refractivity contribution in [1.29, 1.82) is 0 Å². The minimum Gasteiger partial charge on any atom is -0.388 e. The average Bonchev–Trinajstić information content (AvgIpc) is 3.17. The molecule has 0 aliphatic carbocycles. The van der Waals surface area contributed by atoms with E-state index in [1.54, 1.807) is 10.9 Å². The van der Waals surface area contributed by atoms with E-state index in [-0.39, 0.29) is 36.1 Å². The van der Waals surface area contributed by atoms with Gasteiger partial charge in [0.1, 0.15) is 5.52 Å². The molecule has 6 N–H and O–H groups in total. The maximum Gasteiger partial charge on any atom is 0.239 e. The van der Waals surface area contributed by atoms with Crippen molar-refractivity contribution in [2.75, 3.05) is 37.7 Å². The summed E-state index contributed by atoms with van der Waals surface area (Å²) in [6.07, 6.45) is 6.62. The SMILES string of the molecule is C[C@@]1(O)CC2(CCN(C(=O)[C@@H]3CCCCN3)CC2)OC[C@H]1n1cnc2c(N)nc(N)nc21.Cl. The zero-order valence-corrected chi connectivity index (χ0v) is 19.7. The van der Waals surface area contributed by atoms with E-state index in [1.165, 1.54) is 0 Å². The van der Waals surface area contributed by atoms with Crippen LogP contribution >= 0.6 is 12.4 Å². The molecule has 1 amide bonds. The monoisotopic (exact) mass is 480 g/mol. The second-order valence-electron chi connectivity index (χ2n) is 9.66. The van der Waals surface area contributed by atoms with Gasteiger partial charge < -0.3 is 36.1 Å². The first-order valence-electron chi connectivity index (χ1n) is 11.4. The highest BCUT2D eigenvalue weighted by molar-refractivity contribution is 5.85. The van der Waals surface area contributed by atoms with Crippen molar-refractivity contribution in [3.8, 4) is 0 Å². The first-order valence-corrected chi connectivity index (χ1v) is 11.4. The minimum absolute atomic E-state index is 0. The largest absolute Gasteiger partial charge is 0.388 e. The number of hydrogen-bond donors (Lipinski definition) is 4. The maximum atomic E-state index is 12.9. The van der Waals surface area contributed by atoms with Crippen LogP contribution in [0.4, 0.5) is 11.8 Å².